The van der Waals surface area contributed by atoms with Crippen molar-refractivity contribution in [3.05, 3.63) is 69.5 Å². The van der Waals surface area contributed by atoms with E-state index < -0.39 is 16.4 Å². The quantitative estimate of drug-likeness (QED) is 0.661. The largest absolute Gasteiger partial charge is 0.381 e. The Labute approximate surface area is 121 Å². The van der Waals surface area contributed by atoms with Crippen LogP contribution in [0.15, 0.2) is 42.5 Å². The van der Waals surface area contributed by atoms with Crippen molar-refractivity contribution in [3.63, 3.8) is 0 Å². The van der Waals surface area contributed by atoms with Crippen LogP contribution in [0.3, 0.4) is 0 Å². The summed E-state index contributed by atoms with van der Waals surface area (Å²) in [4.78, 5) is 9.98. The summed E-state index contributed by atoms with van der Waals surface area (Å²) in [6, 6.07) is 12.2. The summed E-state index contributed by atoms with van der Waals surface area (Å²) in [6.45, 7) is 0.549. The second kappa shape index (κ2) is 5.52. The lowest BCUT2D eigenvalue weighted by molar-refractivity contribution is -0.387. The van der Waals surface area contributed by atoms with Gasteiger partial charge in [-0.1, -0.05) is 24.3 Å². The lowest BCUT2D eigenvalue weighted by Gasteiger charge is -2.07. The number of hydrogen-bond acceptors (Lipinski definition) is 3. The van der Waals surface area contributed by atoms with E-state index >= 15 is 0 Å². The van der Waals surface area contributed by atoms with Crippen molar-refractivity contribution >= 4 is 11.4 Å². The molecule has 0 radical (unpaired) electrons. The molecule has 0 amide bonds. The number of nitrogens with zero attached hydrogens (tertiary/aromatic N) is 1. The van der Waals surface area contributed by atoms with Gasteiger partial charge in [-0.05, 0) is 42.0 Å². The van der Waals surface area contributed by atoms with Gasteiger partial charge in [0, 0.05) is 18.3 Å². The van der Waals surface area contributed by atoms with Crippen molar-refractivity contribution in [1.29, 1.82) is 0 Å². The number of halogens is 1. The van der Waals surface area contributed by atoms with Gasteiger partial charge in [-0.3, -0.25) is 10.1 Å². The van der Waals surface area contributed by atoms with E-state index in [4.69, 9.17) is 0 Å². The molecule has 1 aliphatic rings. The van der Waals surface area contributed by atoms with Crippen LogP contribution >= 0.6 is 0 Å². The second-order valence-corrected chi connectivity index (χ2v) is 5.29. The highest BCUT2D eigenvalue weighted by molar-refractivity contribution is 5.52. The van der Waals surface area contributed by atoms with Crippen molar-refractivity contribution in [3.8, 4) is 0 Å². The minimum atomic E-state index is -0.820. The maximum atomic E-state index is 13.2. The summed E-state index contributed by atoms with van der Waals surface area (Å²) >= 11 is 0. The lowest BCUT2D eigenvalue weighted by Crippen LogP contribution is -2.01. The van der Waals surface area contributed by atoms with E-state index in [0.717, 1.165) is 17.5 Å². The lowest BCUT2D eigenvalue weighted by atomic mass is 10.1. The van der Waals surface area contributed by atoms with Crippen LogP contribution in [-0.4, -0.2) is 4.92 Å². The van der Waals surface area contributed by atoms with Crippen LogP contribution in [0.2, 0.25) is 0 Å². The standard InChI is InChI=1S/C16H15FN2O2/c17-15-8-7-14(9-16(15)19(20)21)18-10-11-1-3-12(4-2-11)13-5-6-13/h1-4,7-9,13,18H,5-6,10H2. The molecule has 0 aliphatic heterocycles. The molecule has 0 spiro atoms. The van der Waals surface area contributed by atoms with Gasteiger partial charge in [-0.2, -0.15) is 4.39 Å². The van der Waals surface area contributed by atoms with Gasteiger partial charge in [0.05, 0.1) is 4.92 Å². The molecule has 0 heterocycles. The first-order valence-corrected chi connectivity index (χ1v) is 6.90. The van der Waals surface area contributed by atoms with Crippen LogP contribution in [0, 0.1) is 15.9 Å². The van der Waals surface area contributed by atoms with Crippen LogP contribution in [-0.2, 0) is 6.54 Å². The van der Waals surface area contributed by atoms with Gasteiger partial charge in [0.25, 0.3) is 0 Å². The summed E-state index contributed by atoms with van der Waals surface area (Å²) < 4.78 is 13.2. The molecule has 0 bridgehead atoms. The first-order chi connectivity index (χ1) is 10.1. The molecule has 0 unspecified atom stereocenters. The predicted octanol–water partition coefficient (Wildman–Crippen LogP) is 4.22. The Morgan fingerprint density at radius 2 is 1.90 bits per heavy atom. The van der Waals surface area contributed by atoms with E-state index in [9.17, 15) is 14.5 Å². The fourth-order valence-electron chi connectivity index (χ4n) is 2.29. The number of nitro groups is 1. The molecule has 108 valence electrons. The first-order valence-electron chi connectivity index (χ1n) is 6.90. The van der Waals surface area contributed by atoms with E-state index in [0.29, 0.717) is 12.2 Å². The molecule has 0 saturated heterocycles. The fourth-order valence-corrected chi connectivity index (χ4v) is 2.29. The summed E-state index contributed by atoms with van der Waals surface area (Å²) in [7, 11) is 0. The Morgan fingerprint density at radius 3 is 2.52 bits per heavy atom. The predicted molar refractivity (Wildman–Crippen MR) is 78.8 cm³/mol. The average Bonchev–Trinajstić information content (AvgIpc) is 3.31. The number of nitrogens with one attached hydrogen (secondary N) is 1. The van der Waals surface area contributed by atoms with E-state index in [1.54, 1.807) is 0 Å². The molecule has 1 saturated carbocycles. The van der Waals surface area contributed by atoms with Crippen LogP contribution in [0.1, 0.15) is 29.9 Å². The number of rotatable bonds is 5. The van der Waals surface area contributed by atoms with Gasteiger partial charge in [0.15, 0.2) is 0 Å². The second-order valence-electron chi connectivity index (χ2n) is 5.29. The molecule has 5 heteroatoms. The van der Waals surface area contributed by atoms with E-state index in [2.05, 4.69) is 29.6 Å². The minimum Gasteiger partial charge on any atom is -0.381 e. The number of hydrogen-bond donors (Lipinski definition) is 1. The SMILES string of the molecule is O=[N+]([O-])c1cc(NCc2ccc(C3CC3)cc2)ccc1F. The van der Waals surface area contributed by atoms with Gasteiger partial charge < -0.3 is 5.32 Å². The highest BCUT2D eigenvalue weighted by Gasteiger charge is 2.22. The highest BCUT2D eigenvalue weighted by atomic mass is 19.1. The fraction of sp³-hybridized carbons (Fsp3) is 0.250. The van der Waals surface area contributed by atoms with E-state index in [1.807, 2.05) is 0 Å². The third kappa shape index (κ3) is 3.18. The normalized spacial score (nSPS) is 14.0. The smallest absolute Gasteiger partial charge is 0.306 e. The number of anilines is 1. The van der Waals surface area contributed by atoms with Crippen LogP contribution in [0.4, 0.5) is 15.8 Å². The molecule has 0 atom stereocenters. The molecule has 3 rings (SSSR count). The maximum Gasteiger partial charge on any atom is 0.306 e. The van der Waals surface area contributed by atoms with Gasteiger partial charge in [0.2, 0.25) is 5.82 Å². The summed E-state index contributed by atoms with van der Waals surface area (Å²) in [5.74, 6) is -0.0916. The summed E-state index contributed by atoms with van der Waals surface area (Å²) in [5.41, 5.74) is 2.49. The summed E-state index contributed by atoms with van der Waals surface area (Å²) in [5, 5.41) is 13.8. The van der Waals surface area contributed by atoms with Crippen LogP contribution in [0.5, 0.6) is 0 Å². The van der Waals surface area contributed by atoms with Crippen molar-refractivity contribution in [1.82, 2.24) is 0 Å². The van der Waals surface area contributed by atoms with Crippen molar-refractivity contribution in [2.75, 3.05) is 5.32 Å². The van der Waals surface area contributed by atoms with Crippen molar-refractivity contribution < 1.29 is 9.31 Å². The maximum absolute atomic E-state index is 13.2. The zero-order chi connectivity index (χ0) is 14.8. The highest BCUT2D eigenvalue weighted by Crippen LogP contribution is 2.39. The third-order valence-electron chi connectivity index (χ3n) is 3.67. The van der Waals surface area contributed by atoms with E-state index in [1.165, 1.54) is 30.5 Å². The Balaban J connectivity index is 1.66. The van der Waals surface area contributed by atoms with Crippen molar-refractivity contribution in [2.24, 2.45) is 0 Å². The van der Waals surface area contributed by atoms with Crippen LogP contribution < -0.4 is 5.32 Å². The topological polar surface area (TPSA) is 55.2 Å². The van der Waals surface area contributed by atoms with Gasteiger partial charge in [-0.25, -0.2) is 0 Å². The molecule has 21 heavy (non-hydrogen) atoms. The molecule has 2 aromatic carbocycles. The number of benzene rings is 2. The Morgan fingerprint density at radius 1 is 1.19 bits per heavy atom. The monoisotopic (exact) mass is 286 g/mol. The van der Waals surface area contributed by atoms with Gasteiger partial charge >= 0.3 is 5.69 Å². The van der Waals surface area contributed by atoms with Crippen molar-refractivity contribution in [2.45, 2.75) is 25.3 Å². The zero-order valence-corrected chi connectivity index (χ0v) is 11.4. The summed E-state index contributed by atoms with van der Waals surface area (Å²) in [6.07, 6.45) is 2.55. The van der Waals surface area contributed by atoms with Gasteiger partial charge in [0.1, 0.15) is 0 Å². The molecule has 1 aliphatic carbocycles. The van der Waals surface area contributed by atoms with E-state index in [-0.39, 0.29) is 0 Å². The van der Waals surface area contributed by atoms with Crippen LogP contribution in [0.25, 0.3) is 0 Å². The molecular formula is C16H15FN2O2. The molecule has 1 fully saturated rings. The minimum absolute atomic E-state index is 0.510. The average molecular weight is 286 g/mol. The van der Waals surface area contributed by atoms with Gasteiger partial charge in [-0.15, -0.1) is 0 Å². The zero-order valence-electron chi connectivity index (χ0n) is 11.4. The Bertz CT molecular complexity index is 666. The Kier molecular flexibility index (Phi) is 3.56. The number of nitro benzene ring substituents is 1. The first kappa shape index (κ1) is 13.5. The molecule has 1 N–H and O–H groups in total. The Hall–Kier alpha value is -2.43. The third-order valence-corrected chi connectivity index (χ3v) is 3.67. The molecule has 4 nitrogen and oxygen atoms in total. The molecule has 0 aromatic heterocycles. The molecular weight excluding hydrogens is 271 g/mol. The molecule has 2 aromatic rings.